The average molecular weight is 649 g/mol. The molecule has 0 aromatic heterocycles. The van der Waals surface area contributed by atoms with E-state index in [1.165, 1.54) is 28.4 Å². The van der Waals surface area contributed by atoms with Gasteiger partial charge in [0.1, 0.15) is 0 Å². The Morgan fingerprint density at radius 1 is 0.727 bits per heavy atom. The van der Waals surface area contributed by atoms with E-state index in [1.807, 2.05) is 24.3 Å². The van der Waals surface area contributed by atoms with Gasteiger partial charge >= 0.3 is 23.9 Å². The number of ether oxygens (including phenoxy) is 4. The quantitative estimate of drug-likeness (QED) is 0.135. The topological polar surface area (TPSA) is 139 Å². The lowest BCUT2D eigenvalue weighted by atomic mass is 10.00. The van der Waals surface area contributed by atoms with Crippen LogP contribution in [0.3, 0.4) is 0 Å². The van der Waals surface area contributed by atoms with E-state index in [2.05, 4.69) is 26.8 Å². The fourth-order valence-electron chi connectivity index (χ4n) is 3.38. The molecule has 240 valence electrons. The van der Waals surface area contributed by atoms with E-state index in [1.54, 1.807) is 56.3 Å². The maximum atomic E-state index is 12.2. The van der Waals surface area contributed by atoms with E-state index in [4.69, 9.17) is 4.74 Å². The lowest BCUT2D eigenvalue weighted by Gasteiger charge is -2.20. The van der Waals surface area contributed by atoms with Gasteiger partial charge in [0.05, 0.1) is 34.4 Å². The van der Waals surface area contributed by atoms with Gasteiger partial charge in [0.15, 0.2) is 0 Å². The number of allylic oxidation sites excluding steroid dienone is 1. The van der Waals surface area contributed by atoms with Crippen LogP contribution in [0.5, 0.6) is 0 Å². The fraction of sp³-hybridized carbons (Fsp3) is 0.375. The zero-order valence-corrected chi connectivity index (χ0v) is 27.5. The number of carbonyl (C=O) groups excluding carboxylic acids is 6. The number of esters is 4. The summed E-state index contributed by atoms with van der Waals surface area (Å²) in [5, 5.41) is -0.597. The fourth-order valence-corrected chi connectivity index (χ4v) is 4.55. The Bertz CT molecular complexity index is 1230. The van der Waals surface area contributed by atoms with Gasteiger partial charge in [-0.15, -0.1) is 12.6 Å². The van der Waals surface area contributed by atoms with Crippen molar-refractivity contribution in [1.29, 1.82) is 0 Å². The van der Waals surface area contributed by atoms with Crippen LogP contribution in [-0.2, 0) is 38.1 Å². The van der Waals surface area contributed by atoms with Crippen LogP contribution < -0.4 is 0 Å². The molecule has 0 radical (unpaired) electrons. The predicted molar refractivity (Wildman–Crippen MR) is 171 cm³/mol. The highest BCUT2D eigenvalue weighted by atomic mass is 32.2. The number of hydrogen-bond donors (Lipinski definition) is 1. The van der Waals surface area contributed by atoms with E-state index < -0.39 is 17.9 Å². The van der Waals surface area contributed by atoms with Crippen molar-refractivity contribution >= 4 is 58.5 Å². The molecule has 0 aliphatic heterocycles. The minimum atomic E-state index is -0.540. The number of carbonyl (C=O) groups is 6. The summed E-state index contributed by atoms with van der Waals surface area (Å²) in [6, 6.07) is 17.8. The second kappa shape index (κ2) is 23.5. The number of methoxy groups -OCH3 is 4. The molecule has 0 saturated carbocycles. The SMILES string of the molecule is C/C=C(/CCC(=O)OC)C(=O)OC.COC(=O)CCC(C(=O)OC)C(C)SC(=O)c1ccccc1.O=C(S)c1ccccc1. The normalized spacial score (nSPS) is 11.6. The van der Waals surface area contributed by atoms with Gasteiger partial charge in [-0.25, -0.2) is 4.79 Å². The van der Waals surface area contributed by atoms with Gasteiger partial charge in [0.25, 0.3) is 0 Å². The Kier molecular flexibility index (Phi) is 21.5. The van der Waals surface area contributed by atoms with Crippen molar-refractivity contribution in [2.24, 2.45) is 5.92 Å². The first-order chi connectivity index (χ1) is 20.9. The van der Waals surface area contributed by atoms with Crippen LogP contribution >= 0.6 is 24.4 Å². The third-order valence-corrected chi connectivity index (χ3v) is 7.31. The molecule has 0 N–H and O–H groups in total. The summed E-state index contributed by atoms with van der Waals surface area (Å²) in [4.78, 5) is 67.6. The molecule has 2 atom stereocenters. The van der Waals surface area contributed by atoms with Crippen molar-refractivity contribution in [2.45, 2.75) is 44.8 Å². The molecule has 2 aromatic rings. The molecule has 0 spiro atoms. The minimum Gasteiger partial charge on any atom is -0.469 e. The molecule has 0 aliphatic carbocycles. The highest BCUT2D eigenvalue weighted by molar-refractivity contribution is 8.14. The number of benzene rings is 2. The van der Waals surface area contributed by atoms with E-state index in [0.29, 0.717) is 23.1 Å². The standard InChI is InChI=1S/C16H20O5S.C9H14O4.C7H6OS/c1-11(22-16(19)12-7-5-4-6-8-12)13(15(18)21-3)9-10-14(17)20-2;1-4-7(9(11)13-3)5-6-8(10)12-2;8-7(9)6-4-2-1-3-5-6/h4-8,11,13H,9-10H2,1-3H3;4H,5-6H2,1-3H3;1-5H,(H,8,9)/b;7-4-;. The Morgan fingerprint density at radius 2 is 1.23 bits per heavy atom. The van der Waals surface area contributed by atoms with E-state index in [0.717, 1.165) is 11.8 Å². The van der Waals surface area contributed by atoms with Gasteiger partial charge in [-0.1, -0.05) is 85.4 Å². The van der Waals surface area contributed by atoms with E-state index in [9.17, 15) is 28.8 Å². The molecule has 2 rings (SSSR count). The molecule has 2 aromatic carbocycles. The second-order valence-electron chi connectivity index (χ2n) is 8.77. The summed E-state index contributed by atoms with van der Waals surface area (Å²) in [5.74, 6) is -2.08. The summed E-state index contributed by atoms with van der Waals surface area (Å²) in [7, 11) is 5.22. The van der Waals surface area contributed by atoms with E-state index >= 15 is 0 Å². The average Bonchev–Trinajstić information content (AvgIpc) is 3.05. The van der Waals surface area contributed by atoms with Gasteiger partial charge in [0.2, 0.25) is 10.2 Å². The Balaban J connectivity index is 0.000000707. The summed E-state index contributed by atoms with van der Waals surface area (Å²) >= 11 is 4.72. The molecule has 10 nitrogen and oxygen atoms in total. The zero-order chi connectivity index (χ0) is 33.5. The molecule has 0 aliphatic rings. The molecular formula is C32H40O10S2. The molecule has 2 unspecified atom stereocenters. The summed E-state index contributed by atoms with van der Waals surface area (Å²) in [6.07, 6.45) is 2.59. The van der Waals surface area contributed by atoms with Crippen LogP contribution in [0.1, 0.15) is 60.2 Å². The van der Waals surface area contributed by atoms with Crippen LogP contribution in [0, 0.1) is 5.92 Å². The smallest absolute Gasteiger partial charge is 0.333 e. The van der Waals surface area contributed by atoms with Gasteiger partial charge < -0.3 is 18.9 Å². The first-order valence-electron chi connectivity index (χ1n) is 13.4. The molecule has 12 heteroatoms. The largest absolute Gasteiger partial charge is 0.469 e. The van der Waals surface area contributed by atoms with Crippen LogP contribution in [0.15, 0.2) is 72.3 Å². The third-order valence-electron chi connectivity index (χ3n) is 5.90. The highest BCUT2D eigenvalue weighted by Gasteiger charge is 2.29. The van der Waals surface area contributed by atoms with Gasteiger partial charge in [0, 0.05) is 34.8 Å². The Morgan fingerprint density at radius 3 is 1.64 bits per heavy atom. The maximum Gasteiger partial charge on any atom is 0.333 e. The van der Waals surface area contributed by atoms with Gasteiger partial charge in [-0.2, -0.15) is 0 Å². The van der Waals surface area contributed by atoms with Crippen LogP contribution in [0.4, 0.5) is 0 Å². The number of thioether (sulfide) groups is 1. The van der Waals surface area contributed by atoms with Crippen molar-refractivity contribution in [1.82, 2.24) is 0 Å². The van der Waals surface area contributed by atoms with Crippen LogP contribution in [-0.4, -0.2) is 67.8 Å². The molecule has 0 amide bonds. The summed E-state index contributed by atoms with van der Waals surface area (Å²) in [5.41, 5.74) is 1.71. The summed E-state index contributed by atoms with van der Waals surface area (Å²) < 4.78 is 18.3. The third kappa shape index (κ3) is 16.7. The highest BCUT2D eigenvalue weighted by Crippen LogP contribution is 2.27. The molecule has 0 fully saturated rings. The van der Waals surface area contributed by atoms with E-state index in [-0.39, 0.29) is 46.7 Å². The molecular weight excluding hydrogens is 608 g/mol. The summed E-state index contributed by atoms with van der Waals surface area (Å²) in [6.45, 7) is 3.51. The second-order valence-corrected chi connectivity index (χ2v) is 10.5. The van der Waals surface area contributed by atoms with Crippen LogP contribution in [0.25, 0.3) is 0 Å². The minimum absolute atomic E-state index is 0.111. The Hall–Kier alpha value is -3.90. The van der Waals surface area contributed by atoms with Crippen LogP contribution in [0.2, 0.25) is 0 Å². The van der Waals surface area contributed by atoms with Crippen molar-refractivity contribution in [3.8, 4) is 0 Å². The van der Waals surface area contributed by atoms with Gasteiger partial charge in [-0.3, -0.25) is 24.0 Å². The molecule has 44 heavy (non-hydrogen) atoms. The van der Waals surface area contributed by atoms with Gasteiger partial charge in [-0.05, 0) is 19.8 Å². The number of thiol groups is 1. The van der Waals surface area contributed by atoms with Crippen molar-refractivity contribution in [3.63, 3.8) is 0 Å². The number of hydrogen-bond acceptors (Lipinski definition) is 11. The molecule has 0 saturated heterocycles. The first kappa shape index (κ1) is 40.1. The van der Waals surface area contributed by atoms with Crippen molar-refractivity contribution in [3.05, 3.63) is 83.4 Å². The Labute approximate surface area is 268 Å². The maximum absolute atomic E-state index is 12.2. The molecule has 0 bridgehead atoms. The predicted octanol–water partition coefficient (Wildman–Crippen LogP) is 5.51. The molecule has 0 heterocycles. The van der Waals surface area contributed by atoms with Crippen molar-refractivity contribution in [2.75, 3.05) is 28.4 Å². The zero-order valence-electron chi connectivity index (χ0n) is 25.8. The van der Waals surface area contributed by atoms with Crippen molar-refractivity contribution < 1.29 is 47.7 Å². The lowest BCUT2D eigenvalue weighted by Crippen LogP contribution is -2.27. The lowest BCUT2D eigenvalue weighted by molar-refractivity contribution is -0.147. The monoisotopic (exact) mass is 648 g/mol. The first-order valence-corrected chi connectivity index (χ1v) is 14.8. The number of rotatable bonds is 12.